The van der Waals surface area contributed by atoms with Crippen LogP contribution in [0.2, 0.25) is 0 Å². The van der Waals surface area contributed by atoms with Gasteiger partial charge in [-0.2, -0.15) is 0 Å². The first kappa shape index (κ1) is 31.7. The summed E-state index contributed by atoms with van der Waals surface area (Å²) < 4.78 is 0.941. The van der Waals surface area contributed by atoms with E-state index in [2.05, 4.69) is 132 Å². The summed E-state index contributed by atoms with van der Waals surface area (Å²) in [5.41, 5.74) is 7.85. The monoisotopic (exact) mass is 542 g/mol. The number of anilines is 2. The van der Waals surface area contributed by atoms with E-state index in [1.807, 2.05) is 0 Å². The van der Waals surface area contributed by atoms with Crippen molar-refractivity contribution in [1.82, 2.24) is 4.48 Å². The Labute approximate surface area is 246 Å². The van der Waals surface area contributed by atoms with E-state index in [0.29, 0.717) is 0 Å². The van der Waals surface area contributed by atoms with Gasteiger partial charge in [0.1, 0.15) is 5.69 Å². The number of nitrogens with zero attached hydrogens (tertiary/aromatic N) is 3. The molecule has 0 unspecified atom stereocenters. The number of hydrogen-bond donors (Lipinski definition) is 0. The van der Waals surface area contributed by atoms with Crippen LogP contribution in [0.1, 0.15) is 93.7 Å². The van der Waals surface area contributed by atoms with Gasteiger partial charge >= 0.3 is 0 Å². The second-order valence-corrected chi connectivity index (χ2v) is 12.6. The van der Waals surface area contributed by atoms with Crippen LogP contribution in [0.3, 0.4) is 0 Å². The lowest BCUT2D eigenvalue weighted by Crippen LogP contribution is -2.41. The fourth-order valence-corrected chi connectivity index (χ4v) is 5.70. The molecule has 0 bridgehead atoms. The molecule has 0 spiro atoms. The summed E-state index contributed by atoms with van der Waals surface area (Å²) in [6.45, 7) is 3.49. The van der Waals surface area contributed by atoms with Crippen molar-refractivity contribution >= 4 is 17.1 Å². The Hall–Kier alpha value is -2.78. The lowest BCUT2D eigenvalue weighted by Gasteiger charge is -2.30. The fraction of sp³-hybridized carbons (Fsp3) is 0.514. The lowest BCUT2D eigenvalue weighted by molar-refractivity contribution is 0.380. The van der Waals surface area contributed by atoms with Crippen molar-refractivity contribution in [1.29, 1.82) is 0 Å². The highest BCUT2D eigenvalue weighted by Gasteiger charge is 2.21. The van der Waals surface area contributed by atoms with Gasteiger partial charge in [-0.05, 0) is 65.9 Å². The summed E-state index contributed by atoms with van der Waals surface area (Å²) in [4.78, 5) is 4.32. The molecule has 40 heavy (non-hydrogen) atoms. The normalized spacial score (nSPS) is 11.7. The molecular weight excluding hydrogens is 486 g/mol. The number of benzene rings is 3. The maximum absolute atomic E-state index is 2.36. The van der Waals surface area contributed by atoms with E-state index in [1.54, 1.807) is 0 Å². The van der Waals surface area contributed by atoms with Crippen LogP contribution in [-0.4, -0.2) is 48.8 Å². The minimum absolute atomic E-state index is 0.207. The van der Waals surface area contributed by atoms with E-state index in [0.717, 1.165) is 4.48 Å². The van der Waals surface area contributed by atoms with Crippen molar-refractivity contribution in [3.8, 4) is 0 Å². The van der Waals surface area contributed by atoms with Gasteiger partial charge in [0.05, 0.1) is 20.6 Å². The Morgan fingerprint density at radius 2 is 0.850 bits per heavy atom. The van der Waals surface area contributed by atoms with Gasteiger partial charge in [0.15, 0.2) is 0 Å². The zero-order chi connectivity index (χ0) is 29.0. The summed E-state index contributed by atoms with van der Waals surface area (Å²) in [6.07, 6.45) is 13.9. The maximum Gasteiger partial charge on any atom is 0.132 e. The van der Waals surface area contributed by atoms with Gasteiger partial charge < -0.3 is 9.80 Å². The van der Waals surface area contributed by atoms with Gasteiger partial charge in [0.2, 0.25) is 0 Å². The van der Waals surface area contributed by atoms with E-state index >= 15 is 0 Å². The van der Waals surface area contributed by atoms with E-state index in [4.69, 9.17) is 0 Å². The summed E-state index contributed by atoms with van der Waals surface area (Å²) in [5.74, 6) is 0.207. The predicted molar refractivity (Wildman–Crippen MR) is 179 cm³/mol. The highest BCUT2D eigenvalue weighted by molar-refractivity contribution is 5.54. The molecule has 0 atom stereocenters. The molecule has 0 saturated carbocycles. The third kappa shape index (κ3) is 9.41. The Kier molecular flexibility index (Phi) is 12.6. The first-order valence-corrected chi connectivity index (χ1v) is 15.7. The molecule has 0 amide bonds. The molecule has 3 rings (SSSR count). The third-order valence-electron chi connectivity index (χ3n) is 8.48. The molecule has 0 heterocycles. The number of unbranched alkanes of at least 4 members (excludes halogenated alkanes) is 9. The maximum atomic E-state index is 2.36. The van der Waals surface area contributed by atoms with Crippen LogP contribution in [0.5, 0.6) is 0 Å². The number of quaternary nitrogens is 1. The second kappa shape index (κ2) is 15.9. The van der Waals surface area contributed by atoms with E-state index in [1.165, 1.54) is 105 Å². The van der Waals surface area contributed by atoms with Gasteiger partial charge in [-0.1, -0.05) is 94.7 Å². The predicted octanol–water partition coefficient (Wildman–Crippen LogP) is 9.49. The van der Waals surface area contributed by atoms with Crippen LogP contribution in [0.25, 0.3) is 0 Å². The number of hydrogen-bond acceptors (Lipinski definition) is 2. The summed E-state index contributed by atoms with van der Waals surface area (Å²) >= 11 is 0. The Bertz CT molecular complexity index is 1040. The van der Waals surface area contributed by atoms with Gasteiger partial charge in [-0.25, -0.2) is 0 Å². The van der Waals surface area contributed by atoms with Crippen LogP contribution in [0, 0.1) is 0 Å². The highest BCUT2D eigenvalue weighted by Crippen LogP contribution is 2.35. The smallest absolute Gasteiger partial charge is 0.132 e. The molecule has 0 fully saturated rings. The van der Waals surface area contributed by atoms with Crippen LogP contribution >= 0.6 is 0 Å². The minimum atomic E-state index is 0.207. The first-order valence-electron chi connectivity index (χ1n) is 15.7. The quantitative estimate of drug-likeness (QED) is 0.0952. The van der Waals surface area contributed by atoms with Crippen LogP contribution in [0.15, 0.2) is 72.8 Å². The summed E-state index contributed by atoms with van der Waals surface area (Å²) in [7, 11) is 13.1. The molecular formula is C37H56N3+. The van der Waals surface area contributed by atoms with E-state index in [9.17, 15) is 0 Å². The zero-order valence-electron chi connectivity index (χ0n) is 26.6. The summed E-state index contributed by atoms with van der Waals surface area (Å²) in [5, 5.41) is 0. The van der Waals surface area contributed by atoms with Crippen molar-refractivity contribution in [2.24, 2.45) is 0 Å². The van der Waals surface area contributed by atoms with Crippen LogP contribution in [0.4, 0.5) is 17.1 Å². The molecule has 3 aromatic carbocycles. The third-order valence-corrected chi connectivity index (χ3v) is 8.48. The topological polar surface area (TPSA) is 6.48 Å². The molecule has 3 aromatic rings. The molecule has 0 saturated heterocycles. The van der Waals surface area contributed by atoms with Crippen molar-refractivity contribution in [2.45, 2.75) is 77.0 Å². The Morgan fingerprint density at radius 1 is 0.500 bits per heavy atom. The van der Waals surface area contributed by atoms with Gasteiger partial charge in [-0.15, -0.1) is 0 Å². The lowest BCUT2D eigenvalue weighted by atomic mass is 9.85. The Balaban J connectivity index is 1.66. The summed E-state index contributed by atoms with van der Waals surface area (Å²) in [6, 6.07) is 27.5. The molecule has 0 radical (unpaired) electrons. The average molecular weight is 543 g/mol. The molecule has 0 aliphatic heterocycles. The largest absolute Gasteiger partial charge is 0.378 e. The fourth-order valence-electron chi connectivity index (χ4n) is 5.70. The molecule has 3 heteroatoms. The molecule has 218 valence electrons. The first-order chi connectivity index (χ1) is 19.2. The SMILES string of the molecule is CCCCCCCCCCCC[N+](C)(C)c1ccc(C(c2ccc(N(C)C)cc2)c2ccc(N(C)C)cc2)cc1. The average Bonchev–Trinajstić information content (AvgIpc) is 2.95. The van der Waals surface area contributed by atoms with Gasteiger partial charge in [0, 0.05) is 45.5 Å². The second-order valence-electron chi connectivity index (χ2n) is 12.6. The molecule has 0 aliphatic carbocycles. The van der Waals surface area contributed by atoms with Crippen LogP contribution in [-0.2, 0) is 0 Å². The Morgan fingerprint density at radius 3 is 1.23 bits per heavy atom. The molecule has 0 N–H and O–H groups in total. The molecule has 3 nitrogen and oxygen atoms in total. The van der Waals surface area contributed by atoms with Crippen molar-refractivity contribution in [3.05, 3.63) is 89.5 Å². The standard InChI is InChI=1S/C37H56N3/c1-8-9-10-11-12-13-14-15-16-17-30-40(6,7)36-28-22-33(23-29-36)37(31-18-24-34(25-19-31)38(2)3)32-20-26-35(27-21-32)39(4)5/h18-29,37H,8-17,30H2,1-7H3/q+1. The van der Waals surface area contributed by atoms with Crippen LogP contribution < -0.4 is 14.3 Å². The zero-order valence-corrected chi connectivity index (χ0v) is 26.6. The molecule has 0 aliphatic rings. The molecule has 0 aromatic heterocycles. The van der Waals surface area contributed by atoms with Crippen molar-refractivity contribution in [2.75, 3.05) is 58.6 Å². The van der Waals surface area contributed by atoms with Crippen molar-refractivity contribution < 1.29 is 0 Å². The van der Waals surface area contributed by atoms with E-state index in [-0.39, 0.29) is 5.92 Å². The highest BCUT2D eigenvalue weighted by atomic mass is 15.3. The van der Waals surface area contributed by atoms with Crippen molar-refractivity contribution in [3.63, 3.8) is 0 Å². The van der Waals surface area contributed by atoms with E-state index < -0.39 is 0 Å². The van der Waals surface area contributed by atoms with Gasteiger partial charge in [0.25, 0.3) is 0 Å². The minimum Gasteiger partial charge on any atom is -0.378 e. The van der Waals surface area contributed by atoms with Gasteiger partial charge in [-0.3, -0.25) is 4.48 Å². The number of rotatable bonds is 17.